The van der Waals surface area contributed by atoms with Crippen LogP contribution in [0.5, 0.6) is 0 Å². The third kappa shape index (κ3) is 2.44. The van der Waals surface area contributed by atoms with Crippen molar-refractivity contribution in [2.45, 2.75) is 6.54 Å². The molecule has 2 aromatic rings. The first-order valence-corrected chi connectivity index (χ1v) is 5.20. The van der Waals surface area contributed by atoms with E-state index in [0.29, 0.717) is 17.3 Å². The number of nitrogens with one attached hydrogen (secondary N) is 1. The number of carbonyl (C=O) groups is 1. The maximum Gasteiger partial charge on any atom is 0.287 e. The van der Waals surface area contributed by atoms with Crippen LogP contribution in [0, 0.1) is 0 Å². The van der Waals surface area contributed by atoms with E-state index in [1.165, 1.54) is 6.26 Å². The summed E-state index contributed by atoms with van der Waals surface area (Å²) < 4.78 is 4.97. The molecule has 0 atom stereocenters. The quantitative estimate of drug-likeness (QED) is 0.889. The van der Waals surface area contributed by atoms with Gasteiger partial charge >= 0.3 is 0 Å². The monoisotopic (exact) mass is 235 g/mol. The first kappa shape index (κ1) is 10.8. The fourth-order valence-corrected chi connectivity index (χ4v) is 1.51. The molecule has 1 aromatic carbocycles. The van der Waals surface area contributed by atoms with Crippen molar-refractivity contribution in [1.29, 1.82) is 0 Å². The summed E-state index contributed by atoms with van der Waals surface area (Å²) in [4.78, 5) is 11.5. The van der Waals surface area contributed by atoms with Gasteiger partial charge in [0.05, 0.1) is 6.26 Å². The second-order valence-electron chi connectivity index (χ2n) is 3.25. The van der Waals surface area contributed by atoms with Crippen molar-refractivity contribution in [3.05, 3.63) is 59.0 Å². The van der Waals surface area contributed by atoms with Crippen molar-refractivity contribution >= 4 is 17.5 Å². The van der Waals surface area contributed by atoms with Crippen LogP contribution >= 0.6 is 11.6 Å². The number of hydrogen-bond acceptors (Lipinski definition) is 2. The number of carbonyl (C=O) groups excluding carboxylic acids is 1. The van der Waals surface area contributed by atoms with Gasteiger partial charge in [0.15, 0.2) is 5.76 Å². The van der Waals surface area contributed by atoms with Crippen LogP contribution in [0.4, 0.5) is 0 Å². The summed E-state index contributed by atoms with van der Waals surface area (Å²) in [5.41, 5.74) is 0.879. The van der Waals surface area contributed by atoms with E-state index in [9.17, 15) is 4.79 Å². The predicted molar refractivity (Wildman–Crippen MR) is 61.3 cm³/mol. The lowest BCUT2D eigenvalue weighted by Crippen LogP contribution is -2.22. The third-order valence-corrected chi connectivity index (χ3v) is 2.51. The SMILES string of the molecule is O=C(NCc1ccccc1Cl)c1ccco1. The zero-order valence-electron chi connectivity index (χ0n) is 8.44. The number of hydrogen-bond donors (Lipinski definition) is 1. The van der Waals surface area contributed by atoms with E-state index in [-0.39, 0.29) is 5.91 Å². The Hall–Kier alpha value is -1.74. The van der Waals surface area contributed by atoms with Gasteiger partial charge in [-0.1, -0.05) is 29.8 Å². The maximum atomic E-state index is 11.5. The molecule has 0 saturated carbocycles. The van der Waals surface area contributed by atoms with Crippen LogP contribution in [-0.2, 0) is 6.54 Å². The number of amides is 1. The van der Waals surface area contributed by atoms with Gasteiger partial charge in [-0.25, -0.2) is 0 Å². The molecule has 3 nitrogen and oxygen atoms in total. The Balaban J connectivity index is 1.98. The zero-order valence-corrected chi connectivity index (χ0v) is 9.20. The second kappa shape index (κ2) is 4.86. The molecule has 82 valence electrons. The number of rotatable bonds is 3. The van der Waals surface area contributed by atoms with Gasteiger partial charge in [0.25, 0.3) is 5.91 Å². The van der Waals surface area contributed by atoms with Crippen molar-refractivity contribution < 1.29 is 9.21 Å². The number of benzene rings is 1. The van der Waals surface area contributed by atoms with Crippen LogP contribution in [0.2, 0.25) is 5.02 Å². The van der Waals surface area contributed by atoms with E-state index in [0.717, 1.165) is 5.56 Å². The van der Waals surface area contributed by atoms with Crippen LogP contribution in [0.25, 0.3) is 0 Å². The molecule has 16 heavy (non-hydrogen) atoms. The number of halogens is 1. The molecule has 2 rings (SSSR count). The third-order valence-electron chi connectivity index (χ3n) is 2.14. The molecule has 0 bridgehead atoms. The molecule has 0 aliphatic heterocycles. The van der Waals surface area contributed by atoms with E-state index in [1.807, 2.05) is 18.2 Å². The molecule has 0 aliphatic rings. The lowest BCUT2D eigenvalue weighted by atomic mass is 10.2. The van der Waals surface area contributed by atoms with Gasteiger partial charge in [0, 0.05) is 11.6 Å². The summed E-state index contributed by atoms with van der Waals surface area (Å²) in [7, 11) is 0. The standard InChI is InChI=1S/C12H10ClNO2/c13-10-5-2-1-4-9(10)8-14-12(15)11-6-3-7-16-11/h1-7H,8H2,(H,14,15). The first-order chi connectivity index (χ1) is 7.77. The molecule has 0 aliphatic carbocycles. The first-order valence-electron chi connectivity index (χ1n) is 4.82. The summed E-state index contributed by atoms with van der Waals surface area (Å²) in [5.74, 6) is 0.0528. The lowest BCUT2D eigenvalue weighted by molar-refractivity contribution is 0.0923. The Kier molecular flexibility index (Phi) is 3.27. The molecular weight excluding hydrogens is 226 g/mol. The Morgan fingerprint density at radius 1 is 1.25 bits per heavy atom. The van der Waals surface area contributed by atoms with Crippen molar-refractivity contribution in [3.8, 4) is 0 Å². The molecular formula is C12H10ClNO2. The molecule has 0 radical (unpaired) electrons. The fraction of sp³-hybridized carbons (Fsp3) is 0.0833. The van der Waals surface area contributed by atoms with Gasteiger partial charge in [0.1, 0.15) is 0 Å². The van der Waals surface area contributed by atoms with Crippen LogP contribution < -0.4 is 5.32 Å². The van der Waals surface area contributed by atoms with Crippen LogP contribution in [-0.4, -0.2) is 5.91 Å². The Bertz CT molecular complexity index is 480. The normalized spacial score (nSPS) is 10.1. The van der Waals surface area contributed by atoms with E-state index >= 15 is 0 Å². The Morgan fingerprint density at radius 2 is 2.06 bits per heavy atom. The highest BCUT2D eigenvalue weighted by atomic mass is 35.5. The highest BCUT2D eigenvalue weighted by Crippen LogP contribution is 2.14. The van der Waals surface area contributed by atoms with Crippen molar-refractivity contribution in [2.75, 3.05) is 0 Å². The van der Waals surface area contributed by atoms with Crippen molar-refractivity contribution in [1.82, 2.24) is 5.32 Å². The van der Waals surface area contributed by atoms with Gasteiger partial charge in [-0.3, -0.25) is 4.79 Å². The average molecular weight is 236 g/mol. The summed E-state index contributed by atoms with van der Waals surface area (Å²) in [6, 6.07) is 10.7. The highest BCUT2D eigenvalue weighted by Gasteiger charge is 2.08. The minimum atomic E-state index is -0.245. The summed E-state index contributed by atoms with van der Waals surface area (Å²) in [6.07, 6.45) is 1.46. The second-order valence-corrected chi connectivity index (χ2v) is 3.66. The molecule has 1 N–H and O–H groups in total. The van der Waals surface area contributed by atoms with Crippen LogP contribution in [0.15, 0.2) is 47.1 Å². The van der Waals surface area contributed by atoms with Gasteiger partial charge in [-0.05, 0) is 23.8 Å². The van der Waals surface area contributed by atoms with Crippen molar-refractivity contribution in [3.63, 3.8) is 0 Å². The van der Waals surface area contributed by atoms with Gasteiger partial charge in [-0.2, -0.15) is 0 Å². The minimum Gasteiger partial charge on any atom is -0.459 e. The summed E-state index contributed by atoms with van der Waals surface area (Å²) in [5, 5.41) is 3.37. The smallest absolute Gasteiger partial charge is 0.287 e. The van der Waals surface area contributed by atoms with Gasteiger partial charge < -0.3 is 9.73 Å². The van der Waals surface area contributed by atoms with Gasteiger partial charge in [-0.15, -0.1) is 0 Å². The largest absolute Gasteiger partial charge is 0.459 e. The number of furan rings is 1. The average Bonchev–Trinajstić information content (AvgIpc) is 2.81. The van der Waals surface area contributed by atoms with E-state index in [1.54, 1.807) is 18.2 Å². The van der Waals surface area contributed by atoms with E-state index < -0.39 is 0 Å². The Labute approximate surface area is 98.0 Å². The molecule has 1 heterocycles. The highest BCUT2D eigenvalue weighted by molar-refractivity contribution is 6.31. The van der Waals surface area contributed by atoms with Gasteiger partial charge in [0.2, 0.25) is 0 Å². The topological polar surface area (TPSA) is 42.2 Å². The van der Waals surface area contributed by atoms with Crippen LogP contribution in [0.3, 0.4) is 0 Å². The fourth-order valence-electron chi connectivity index (χ4n) is 1.31. The van der Waals surface area contributed by atoms with E-state index in [4.69, 9.17) is 16.0 Å². The van der Waals surface area contributed by atoms with Crippen LogP contribution in [0.1, 0.15) is 16.1 Å². The van der Waals surface area contributed by atoms with E-state index in [2.05, 4.69) is 5.32 Å². The summed E-state index contributed by atoms with van der Waals surface area (Å²) in [6.45, 7) is 0.388. The lowest BCUT2D eigenvalue weighted by Gasteiger charge is -2.04. The summed E-state index contributed by atoms with van der Waals surface area (Å²) >= 11 is 5.96. The predicted octanol–water partition coefficient (Wildman–Crippen LogP) is 2.86. The Morgan fingerprint density at radius 3 is 2.75 bits per heavy atom. The molecule has 0 unspecified atom stereocenters. The molecule has 0 fully saturated rings. The maximum absolute atomic E-state index is 11.5. The molecule has 1 aromatic heterocycles. The molecule has 0 saturated heterocycles. The minimum absolute atomic E-state index is 0.245. The zero-order chi connectivity index (χ0) is 11.4. The molecule has 4 heteroatoms. The molecule has 0 spiro atoms. The molecule has 1 amide bonds. The van der Waals surface area contributed by atoms with Crippen molar-refractivity contribution in [2.24, 2.45) is 0 Å².